The van der Waals surface area contributed by atoms with E-state index < -0.39 is 36.0 Å². The van der Waals surface area contributed by atoms with Crippen LogP contribution in [0.5, 0.6) is 0 Å². The molecular formula is C22H21F3N6O3. The van der Waals surface area contributed by atoms with E-state index in [1.54, 1.807) is 19.9 Å². The van der Waals surface area contributed by atoms with Crippen molar-refractivity contribution in [2.24, 2.45) is 0 Å². The van der Waals surface area contributed by atoms with Crippen LogP contribution in [0.2, 0.25) is 0 Å². The quantitative estimate of drug-likeness (QED) is 0.554. The second-order valence-electron chi connectivity index (χ2n) is 7.77. The van der Waals surface area contributed by atoms with Crippen molar-refractivity contribution in [3.63, 3.8) is 0 Å². The maximum Gasteiger partial charge on any atom is 0.416 e. The van der Waals surface area contributed by atoms with Gasteiger partial charge in [-0.15, -0.1) is 0 Å². The van der Waals surface area contributed by atoms with Gasteiger partial charge in [0.1, 0.15) is 24.3 Å². The number of aliphatic hydroxyl groups excluding tert-OH is 1. The van der Waals surface area contributed by atoms with Crippen LogP contribution in [-0.2, 0) is 10.9 Å². The van der Waals surface area contributed by atoms with Crippen molar-refractivity contribution in [1.82, 2.24) is 19.9 Å². The van der Waals surface area contributed by atoms with E-state index in [9.17, 15) is 23.1 Å². The lowest BCUT2D eigenvalue weighted by molar-refractivity contribution is -0.137. The van der Waals surface area contributed by atoms with Gasteiger partial charge in [-0.25, -0.2) is 19.7 Å². The SMILES string of the molecule is C[C@H](Nc1nccc(N2C(=O)OC[C@@H]2[C@@H](C)O)n1)c1ncc(-c2cccc(C(F)(F)F)c2)cn1. The highest BCUT2D eigenvalue weighted by Gasteiger charge is 2.38. The number of nitrogens with zero attached hydrogens (tertiary/aromatic N) is 5. The first kappa shape index (κ1) is 23.4. The fraction of sp³-hybridized carbons (Fsp3) is 0.318. The van der Waals surface area contributed by atoms with Crippen molar-refractivity contribution in [2.75, 3.05) is 16.8 Å². The molecule has 1 fully saturated rings. The van der Waals surface area contributed by atoms with Gasteiger partial charge in [-0.2, -0.15) is 18.2 Å². The fourth-order valence-electron chi connectivity index (χ4n) is 3.45. The number of nitrogens with one attached hydrogen (secondary N) is 1. The number of aromatic nitrogens is 4. The smallest absolute Gasteiger partial charge is 0.416 e. The molecule has 0 unspecified atom stereocenters. The van der Waals surface area contributed by atoms with Crippen LogP contribution in [0.25, 0.3) is 11.1 Å². The highest BCUT2D eigenvalue weighted by molar-refractivity contribution is 5.89. The predicted octanol–water partition coefficient (Wildman–Crippen LogP) is 3.83. The lowest BCUT2D eigenvalue weighted by atomic mass is 10.1. The van der Waals surface area contributed by atoms with Crippen molar-refractivity contribution in [3.05, 3.63) is 60.3 Å². The van der Waals surface area contributed by atoms with Gasteiger partial charge >= 0.3 is 12.3 Å². The van der Waals surface area contributed by atoms with E-state index in [1.165, 1.54) is 35.6 Å². The molecule has 1 aliphatic rings. The topological polar surface area (TPSA) is 113 Å². The average molecular weight is 474 g/mol. The van der Waals surface area contributed by atoms with E-state index in [-0.39, 0.29) is 18.4 Å². The number of anilines is 2. The Balaban J connectivity index is 1.49. The Hall–Kier alpha value is -3.80. The highest BCUT2D eigenvalue weighted by atomic mass is 19.4. The summed E-state index contributed by atoms with van der Waals surface area (Å²) >= 11 is 0. The van der Waals surface area contributed by atoms with Crippen LogP contribution >= 0.6 is 0 Å². The monoisotopic (exact) mass is 474 g/mol. The zero-order chi connectivity index (χ0) is 24.5. The summed E-state index contributed by atoms with van der Waals surface area (Å²) in [7, 11) is 0. The van der Waals surface area contributed by atoms with Crippen LogP contribution in [0.1, 0.15) is 31.3 Å². The van der Waals surface area contributed by atoms with E-state index >= 15 is 0 Å². The van der Waals surface area contributed by atoms with E-state index in [1.807, 2.05) is 0 Å². The minimum absolute atomic E-state index is 0.0474. The van der Waals surface area contributed by atoms with Crippen molar-refractivity contribution < 1.29 is 27.8 Å². The standard InChI is InChI=1S/C22H21F3N6O3/c1-12(19-27-9-15(10-28-19)14-4-3-5-16(8-14)22(23,24)25)29-20-26-7-6-18(30-20)31-17(13(2)32)11-34-21(31)33/h3-10,12-13,17,32H,11H2,1-2H3,(H,26,29,30)/t12-,13+,17+/m0/s1. The molecule has 1 aliphatic heterocycles. The first-order valence-electron chi connectivity index (χ1n) is 10.4. The highest BCUT2D eigenvalue weighted by Crippen LogP contribution is 2.32. The summed E-state index contributed by atoms with van der Waals surface area (Å²) in [6.07, 6.45) is -1.52. The molecule has 9 nitrogen and oxygen atoms in total. The number of benzene rings is 1. The number of ether oxygens (including phenoxy) is 1. The van der Waals surface area contributed by atoms with Gasteiger partial charge < -0.3 is 15.2 Å². The molecule has 1 saturated heterocycles. The molecule has 178 valence electrons. The number of hydrogen-bond donors (Lipinski definition) is 2. The molecule has 3 heterocycles. The summed E-state index contributed by atoms with van der Waals surface area (Å²) in [4.78, 5) is 30.4. The molecule has 1 aromatic carbocycles. The summed E-state index contributed by atoms with van der Waals surface area (Å²) < 4.78 is 44.0. The van der Waals surface area contributed by atoms with Crippen LogP contribution in [-0.4, -0.2) is 49.9 Å². The fourth-order valence-corrected chi connectivity index (χ4v) is 3.45. The molecule has 2 N–H and O–H groups in total. The largest absolute Gasteiger partial charge is 0.447 e. The second kappa shape index (κ2) is 9.21. The number of halogens is 3. The molecule has 0 aliphatic carbocycles. The Bertz CT molecular complexity index is 1170. The summed E-state index contributed by atoms with van der Waals surface area (Å²) in [6, 6.07) is 5.44. The zero-order valence-electron chi connectivity index (χ0n) is 18.2. The molecule has 3 aromatic rings. The summed E-state index contributed by atoms with van der Waals surface area (Å²) in [6.45, 7) is 3.37. The normalized spacial score (nSPS) is 17.9. The third-order valence-corrected chi connectivity index (χ3v) is 5.28. The van der Waals surface area contributed by atoms with Gasteiger partial charge in [0, 0.05) is 24.2 Å². The Labute approximate surface area is 192 Å². The van der Waals surface area contributed by atoms with E-state index in [0.717, 1.165) is 12.1 Å². The van der Waals surface area contributed by atoms with Crippen LogP contribution in [0.3, 0.4) is 0 Å². The molecule has 0 bridgehead atoms. The Kier molecular flexibility index (Phi) is 6.33. The lowest BCUT2D eigenvalue weighted by Crippen LogP contribution is -2.41. The number of cyclic esters (lactones) is 1. The number of hydrogen-bond acceptors (Lipinski definition) is 8. The summed E-state index contributed by atoms with van der Waals surface area (Å²) in [5, 5.41) is 13.0. The molecular weight excluding hydrogens is 453 g/mol. The third kappa shape index (κ3) is 4.91. The van der Waals surface area contributed by atoms with Gasteiger partial charge in [-0.05, 0) is 37.6 Å². The van der Waals surface area contributed by atoms with Crippen molar-refractivity contribution in [1.29, 1.82) is 0 Å². The van der Waals surface area contributed by atoms with Gasteiger partial charge in [0.05, 0.1) is 17.7 Å². The Morgan fingerprint density at radius 2 is 1.88 bits per heavy atom. The molecule has 0 saturated carbocycles. The molecule has 3 atom stereocenters. The predicted molar refractivity (Wildman–Crippen MR) is 116 cm³/mol. The van der Waals surface area contributed by atoms with Gasteiger partial charge in [-0.1, -0.05) is 12.1 Å². The third-order valence-electron chi connectivity index (χ3n) is 5.28. The van der Waals surface area contributed by atoms with Crippen molar-refractivity contribution in [2.45, 2.75) is 38.2 Å². The first-order chi connectivity index (χ1) is 16.1. The Morgan fingerprint density at radius 1 is 1.15 bits per heavy atom. The number of alkyl halides is 3. The zero-order valence-corrected chi connectivity index (χ0v) is 18.2. The van der Waals surface area contributed by atoms with Crippen molar-refractivity contribution in [3.8, 4) is 11.1 Å². The average Bonchev–Trinajstić information content (AvgIpc) is 3.20. The Morgan fingerprint density at radius 3 is 2.56 bits per heavy atom. The number of carbonyl (C=O) groups excluding carboxylic acids is 1. The molecule has 12 heteroatoms. The van der Waals surface area contributed by atoms with Crippen LogP contribution < -0.4 is 10.2 Å². The summed E-state index contributed by atoms with van der Waals surface area (Å²) in [5.74, 6) is 0.825. The summed E-state index contributed by atoms with van der Waals surface area (Å²) in [5.41, 5.74) is 0.0426. The molecule has 0 radical (unpaired) electrons. The number of rotatable bonds is 6. The van der Waals surface area contributed by atoms with Gasteiger partial charge in [0.25, 0.3) is 0 Å². The van der Waals surface area contributed by atoms with Crippen LogP contribution in [0.4, 0.5) is 29.7 Å². The second-order valence-corrected chi connectivity index (χ2v) is 7.77. The van der Waals surface area contributed by atoms with Crippen LogP contribution in [0, 0.1) is 0 Å². The molecule has 0 spiro atoms. The maximum atomic E-state index is 13.0. The minimum atomic E-state index is -4.44. The molecule has 4 rings (SSSR count). The van der Waals surface area contributed by atoms with E-state index in [2.05, 4.69) is 25.3 Å². The molecule has 34 heavy (non-hydrogen) atoms. The minimum Gasteiger partial charge on any atom is -0.447 e. The van der Waals surface area contributed by atoms with Crippen LogP contribution in [0.15, 0.2) is 48.9 Å². The maximum absolute atomic E-state index is 13.0. The van der Waals surface area contributed by atoms with Gasteiger partial charge in [0.2, 0.25) is 5.95 Å². The van der Waals surface area contributed by atoms with E-state index in [4.69, 9.17) is 4.74 Å². The number of aliphatic hydroxyl groups is 1. The van der Waals surface area contributed by atoms with Gasteiger partial charge in [-0.3, -0.25) is 4.90 Å². The van der Waals surface area contributed by atoms with Crippen molar-refractivity contribution >= 4 is 17.9 Å². The van der Waals surface area contributed by atoms with Gasteiger partial charge in [0.15, 0.2) is 0 Å². The molecule has 2 aromatic heterocycles. The first-order valence-corrected chi connectivity index (χ1v) is 10.4. The molecule has 1 amide bonds. The van der Waals surface area contributed by atoms with E-state index in [0.29, 0.717) is 17.0 Å². The number of carbonyl (C=O) groups is 1. The lowest BCUT2D eigenvalue weighted by Gasteiger charge is -2.23. The number of amides is 1.